The van der Waals surface area contributed by atoms with Gasteiger partial charge in [-0.25, -0.2) is 0 Å². The number of aliphatic hydroxyl groups excluding tert-OH is 1. The van der Waals surface area contributed by atoms with E-state index in [9.17, 15) is 0 Å². The Morgan fingerprint density at radius 1 is 1.88 bits per heavy atom. The van der Waals surface area contributed by atoms with Crippen LogP contribution in [0.25, 0.3) is 0 Å². The highest BCUT2D eigenvalue weighted by Crippen LogP contribution is 2.06. The van der Waals surface area contributed by atoms with E-state index in [1.54, 1.807) is 0 Å². The van der Waals surface area contributed by atoms with Gasteiger partial charge in [0, 0.05) is 5.70 Å². The highest BCUT2D eigenvalue weighted by atomic mass is 16.3. The van der Waals surface area contributed by atoms with Crippen molar-refractivity contribution in [3.05, 3.63) is 12.3 Å². The fraction of sp³-hybridized carbons (Fsp3) is 0.600. The summed E-state index contributed by atoms with van der Waals surface area (Å²) in [6.07, 6.45) is 0. The van der Waals surface area contributed by atoms with E-state index in [4.69, 9.17) is 15.9 Å². The molecule has 48 valence electrons. The van der Waals surface area contributed by atoms with Crippen LogP contribution in [0, 0.1) is 0 Å². The number of nitrogens with two attached hydrogens (primary N) is 1. The second-order valence-corrected chi connectivity index (χ2v) is 1.96. The predicted octanol–water partition coefficient (Wildman–Crippen LogP) is -0.798. The first-order valence-electron chi connectivity index (χ1n) is 2.29. The summed E-state index contributed by atoms with van der Waals surface area (Å²) in [4.78, 5) is 0. The van der Waals surface area contributed by atoms with Crippen LogP contribution >= 0.6 is 0 Å². The van der Waals surface area contributed by atoms with Gasteiger partial charge in [0.05, 0.1) is 6.61 Å². The molecule has 0 aromatic carbocycles. The average Bonchev–Trinajstić information content (AvgIpc) is 1.67. The van der Waals surface area contributed by atoms with Gasteiger partial charge in [0.2, 0.25) is 0 Å². The van der Waals surface area contributed by atoms with Crippen LogP contribution in [0.2, 0.25) is 0 Å². The lowest BCUT2D eigenvalue weighted by Crippen LogP contribution is -2.34. The van der Waals surface area contributed by atoms with Gasteiger partial charge < -0.3 is 15.9 Å². The van der Waals surface area contributed by atoms with Gasteiger partial charge in [-0.2, -0.15) is 0 Å². The van der Waals surface area contributed by atoms with E-state index >= 15 is 0 Å². The molecule has 0 aliphatic carbocycles. The second kappa shape index (κ2) is 2.15. The Balaban J connectivity index is 3.91. The van der Waals surface area contributed by atoms with Crippen molar-refractivity contribution in [3.63, 3.8) is 0 Å². The first-order valence-corrected chi connectivity index (χ1v) is 2.29. The molecule has 0 amide bonds. The van der Waals surface area contributed by atoms with Gasteiger partial charge in [-0.3, -0.25) is 0 Å². The quantitative estimate of drug-likeness (QED) is 0.443. The molecule has 1 atom stereocenters. The van der Waals surface area contributed by atoms with Gasteiger partial charge >= 0.3 is 0 Å². The fourth-order valence-corrected chi connectivity index (χ4v) is 0.102. The lowest BCUT2D eigenvalue weighted by atomic mass is 10.1. The van der Waals surface area contributed by atoms with E-state index in [2.05, 4.69) is 6.58 Å². The third-order valence-electron chi connectivity index (χ3n) is 1.000. The molecule has 0 aromatic heterocycles. The summed E-state index contributed by atoms with van der Waals surface area (Å²) in [6.45, 7) is 4.28. The molecule has 0 spiro atoms. The summed E-state index contributed by atoms with van der Waals surface area (Å²) < 4.78 is 0. The van der Waals surface area contributed by atoms with E-state index in [0.717, 1.165) is 0 Å². The second-order valence-electron chi connectivity index (χ2n) is 1.96. The predicted molar refractivity (Wildman–Crippen MR) is 31.0 cm³/mol. The number of hydrogen-bond acceptors (Lipinski definition) is 3. The van der Waals surface area contributed by atoms with Gasteiger partial charge in [0.15, 0.2) is 0 Å². The smallest absolute Gasteiger partial charge is 0.123 e. The van der Waals surface area contributed by atoms with Crippen LogP contribution in [-0.2, 0) is 0 Å². The third-order valence-corrected chi connectivity index (χ3v) is 1.000. The van der Waals surface area contributed by atoms with Crippen LogP contribution in [-0.4, -0.2) is 22.4 Å². The molecule has 0 aromatic rings. The van der Waals surface area contributed by atoms with Crippen LogP contribution < -0.4 is 5.73 Å². The van der Waals surface area contributed by atoms with Crippen molar-refractivity contribution in [1.29, 1.82) is 0 Å². The van der Waals surface area contributed by atoms with Gasteiger partial charge in [0.25, 0.3) is 0 Å². The maximum atomic E-state index is 8.93. The molecule has 0 aliphatic heterocycles. The van der Waals surface area contributed by atoms with Crippen LogP contribution in [0.15, 0.2) is 12.3 Å². The minimum absolute atomic E-state index is 0.0833. The molecule has 0 fully saturated rings. The van der Waals surface area contributed by atoms with Gasteiger partial charge in [-0.05, 0) is 6.92 Å². The van der Waals surface area contributed by atoms with Crippen molar-refractivity contribution >= 4 is 0 Å². The first kappa shape index (κ1) is 7.46. The van der Waals surface area contributed by atoms with Gasteiger partial charge in [0.1, 0.15) is 5.60 Å². The van der Waals surface area contributed by atoms with Gasteiger partial charge in [-0.1, -0.05) is 6.58 Å². The normalized spacial score (nSPS) is 17.4. The van der Waals surface area contributed by atoms with Gasteiger partial charge in [-0.15, -0.1) is 0 Å². The molecule has 1 unspecified atom stereocenters. The third kappa shape index (κ3) is 1.52. The van der Waals surface area contributed by atoms with E-state index in [1.807, 2.05) is 0 Å². The molecule has 0 saturated heterocycles. The van der Waals surface area contributed by atoms with Crippen LogP contribution in [0.1, 0.15) is 6.92 Å². The summed E-state index contributed by atoms with van der Waals surface area (Å²) in [6, 6.07) is 0. The monoisotopic (exact) mass is 117 g/mol. The zero-order valence-electron chi connectivity index (χ0n) is 4.89. The highest BCUT2D eigenvalue weighted by Gasteiger charge is 2.19. The largest absolute Gasteiger partial charge is 0.400 e. The lowest BCUT2D eigenvalue weighted by molar-refractivity contribution is 0.0326. The minimum atomic E-state index is -1.32. The zero-order valence-corrected chi connectivity index (χ0v) is 4.89. The Morgan fingerprint density at radius 2 is 2.25 bits per heavy atom. The van der Waals surface area contributed by atoms with E-state index in [-0.39, 0.29) is 12.3 Å². The Labute approximate surface area is 48.4 Å². The summed E-state index contributed by atoms with van der Waals surface area (Å²) >= 11 is 0. The van der Waals surface area contributed by atoms with Crippen LogP contribution in [0.3, 0.4) is 0 Å². The summed E-state index contributed by atoms with van der Waals surface area (Å²) in [5.41, 5.74) is 3.84. The Hall–Kier alpha value is -0.540. The van der Waals surface area contributed by atoms with E-state index in [0.29, 0.717) is 0 Å². The first-order chi connectivity index (χ1) is 3.50. The van der Waals surface area contributed by atoms with Crippen molar-refractivity contribution in [3.8, 4) is 0 Å². The van der Waals surface area contributed by atoms with Crippen molar-refractivity contribution in [2.75, 3.05) is 6.61 Å². The van der Waals surface area contributed by atoms with Crippen molar-refractivity contribution < 1.29 is 10.2 Å². The summed E-state index contributed by atoms with van der Waals surface area (Å²) in [5, 5.41) is 17.3. The van der Waals surface area contributed by atoms with Crippen molar-refractivity contribution in [2.45, 2.75) is 12.5 Å². The van der Waals surface area contributed by atoms with E-state index in [1.165, 1.54) is 6.92 Å². The molecule has 0 saturated carbocycles. The lowest BCUT2D eigenvalue weighted by Gasteiger charge is -2.18. The maximum absolute atomic E-state index is 8.93. The molecule has 0 rings (SSSR count). The molecule has 3 heteroatoms. The number of aliphatic hydroxyl groups is 2. The topological polar surface area (TPSA) is 66.5 Å². The standard InChI is InChI=1S/C5H11NO2/c1-4(6)5(2,8)3-7/h7-8H,1,3,6H2,2H3. The molecule has 0 heterocycles. The molecule has 4 N–H and O–H groups in total. The van der Waals surface area contributed by atoms with Crippen LogP contribution in [0.5, 0.6) is 0 Å². The average molecular weight is 117 g/mol. The Morgan fingerprint density at radius 3 is 2.25 bits per heavy atom. The molecule has 8 heavy (non-hydrogen) atoms. The molecule has 0 aliphatic rings. The Kier molecular flexibility index (Phi) is 2.01. The highest BCUT2D eigenvalue weighted by molar-refractivity contribution is 5.04. The Bertz CT molecular complexity index is 98.6. The fourth-order valence-electron chi connectivity index (χ4n) is 0.102. The van der Waals surface area contributed by atoms with Crippen LogP contribution in [0.4, 0.5) is 0 Å². The summed E-state index contributed by atoms with van der Waals surface area (Å²) in [5.74, 6) is 0. The van der Waals surface area contributed by atoms with Crippen molar-refractivity contribution in [2.24, 2.45) is 5.73 Å². The molecule has 0 radical (unpaired) electrons. The molecule has 0 bridgehead atoms. The number of rotatable bonds is 2. The summed E-state index contributed by atoms with van der Waals surface area (Å²) in [7, 11) is 0. The number of hydrogen-bond donors (Lipinski definition) is 3. The molecular weight excluding hydrogens is 106 g/mol. The maximum Gasteiger partial charge on any atom is 0.123 e. The zero-order chi connectivity index (χ0) is 6.78. The van der Waals surface area contributed by atoms with E-state index < -0.39 is 5.60 Å². The minimum Gasteiger partial charge on any atom is -0.400 e. The van der Waals surface area contributed by atoms with Crippen molar-refractivity contribution in [1.82, 2.24) is 0 Å². The SMILES string of the molecule is C=C(N)C(C)(O)CO. The molecular formula is C5H11NO2. The molecule has 3 nitrogen and oxygen atoms in total.